The number of anilines is 1. The molecule has 1 heterocycles. The molecule has 1 amide bonds. The van der Waals surface area contributed by atoms with Gasteiger partial charge in [0.2, 0.25) is 15.9 Å². The van der Waals surface area contributed by atoms with E-state index in [-0.39, 0.29) is 23.3 Å². The van der Waals surface area contributed by atoms with Crippen molar-refractivity contribution < 1.29 is 22.7 Å². The minimum Gasteiger partial charge on any atom is -0.465 e. The van der Waals surface area contributed by atoms with E-state index in [1.807, 2.05) is 18.7 Å². The summed E-state index contributed by atoms with van der Waals surface area (Å²) in [5.41, 5.74) is 2.79. The van der Waals surface area contributed by atoms with Crippen molar-refractivity contribution in [3.05, 3.63) is 59.2 Å². The van der Waals surface area contributed by atoms with Crippen LogP contribution in [0.3, 0.4) is 0 Å². The van der Waals surface area contributed by atoms with Crippen LogP contribution in [-0.4, -0.2) is 58.5 Å². The summed E-state index contributed by atoms with van der Waals surface area (Å²) in [5, 5.41) is 2.87. The van der Waals surface area contributed by atoms with Gasteiger partial charge in [0.15, 0.2) is 0 Å². The molecule has 0 aliphatic carbocycles. The Bertz CT molecular complexity index is 1100. The zero-order valence-corrected chi connectivity index (χ0v) is 20.1. The number of methoxy groups -OCH3 is 1. The first-order valence-corrected chi connectivity index (χ1v) is 12.4. The molecule has 1 atom stereocenters. The number of ether oxygens (including phenoxy) is 1. The maximum absolute atomic E-state index is 12.6. The molecular formula is C24H31N3O5S. The van der Waals surface area contributed by atoms with Crippen molar-refractivity contribution in [1.29, 1.82) is 0 Å². The highest BCUT2D eigenvalue weighted by atomic mass is 32.2. The van der Waals surface area contributed by atoms with Crippen molar-refractivity contribution in [3.63, 3.8) is 0 Å². The van der Waals surface area contributed by atoms with Gasteiger partial charge < -0.3 is 10.1 Å². The number of hydrogen-bond acceptors (Lipinski definition) is 6. The van der Waals surface area contributed by atoms with Crippen molar-refractivity contribution in [2.24, 2.45) is 5.92 Å². The van der Waals surface area contributed by atoms with Gasteiger partial charge in [-0.3, -0.25) is 9.69 Å². The Balaban J connectivity index is 1.54. The average molecular weight is 474 g/mol. The SMILES string of the molecule is COC(=O)c1ccc(C)c(NC(=O)CN2CCCC(CNS(=O)(=O)c3ccc(C)cc3)C2)c1. The molecule has 8 nitrogen and oxygen atoms in total. The second kappa shape index (κ2) is 10.9. The maximum Gasteiger partial charge on any atom is 0.337 e. The summed E-state index contributed by atoms with van der Waals surface area (Å²) in [7, 11) is -2.25. The van der Waals surface area contributed by atoms with Gasteiger partial charge in [0, 0.05) is 18.8 Å². The third kappa shape index (κ3) is 6.86. The van der Waals surface area contributed by atoms with Crippen LogP contribution in [0.5, 0.6) is 0 Å². The summed E-state index contributed by atoms with van der Waals surface area (Å²) >= 11 is 0. The number of benzene rings is 2. The molecular weight excluding hydrogens is 442 g/mol. The van der Waals surface area contributed by atoms with Crippen LogP contribution in [0.15, 0.2) is 47.4 Å². The third-order valence-corrected chi connectivity index (χ3v) is 7.24. The number of aryl methyl sites for hydroxylation is 2. The summed E-state index contributed by atoms with van der Waals surface area (Å²) in [6.45, 7) is 5.69. The van der Waals surface area contributed by atoms with Crippen LogP contribution in [0.4, 0.5) is 5.69 Å². The Labute approximate surface area is 195 Å². The highest BCUT2D eigenvalue weighted by Crippen LogP contribution is 2.20. The van der Waals surface area contributed by atoms with E-state index in [9.17, 15) is 18.0 Å². The van der Waals surface area contributed by atoms with Gasteiger partial charge >= 0.3 is 5.97 Å². The molecule has 0 saturated carbocycles. The zero-order valence-electron chi connectivity index (χ0n) is 19.3. The number of carbonyl (C=O) groups is 2. The number of hydrogen-bond donors (Lipinski definition) is 2. The Kier molecular flexibility index (Phi) is 8.23. The highest BCUT2D eigenvalue weighted by Gasteiger charge is 2.24. The van der Waals surface area contributed by atoms with Crippen molar-refractivity contribution >= 4 is 27.6 Å². The number of esters is 1. The summed E-state index contributed by atoms with van der Waals surface area (Å²) in [6.07, 6.45) is 1.79. The monoisotopic (exact) mass is 473 g/mol. The van der Waals surface area contributed by atoms with Crippen molar-refractivity contribution in [2.75, 3.05) is 38.6 Å². The van der Waals surface area contributed by atoms with E-state index >= 15 is 0 Å². The van der Waals surface area contributed by atoms with Crippen LogP contribution < -0.4 is 10.0 Å². The van der Waals surface area contributed by atoms with Gasteiger partial charge in [0.25, 0.3) is 0 Å². The topological polar surface area (TPSA) is 105 Å². The molecule has 1 aliphatic rings. The molecule has 0 bridgehead atoms. The van der Waals surface area contributed by atoms with Gasteiger partial charge in [-0.15, -0.1) is 0 Å². The Hall–Kier alpha value is -2.75. The quantitative estimate of drug-likeness (QED) is 0.571. The number of nitrogens with one attached hydrogen (secondary N) is 2. The van der Waals surface area contributed by atoms with Crippen molar-refractivity contribution in [1.82, 2.24) is 9.62 Å². The standard InChI is InChI=1S/C24H31N3O5S/c1-17-6-10-21(11-7-17)33(30,31)25-14-19-5-4-12-27(15-19)16-23(28)26-22-13-20(24(29)32-3)9-8-18(22)2/h6-11,13,19,25H,4-5,12,14-16H2,1-3H3,(H,26,28). The number of carbonyl (C=O) groups excluding carboxylic acids is 2. The van der Waals surface area contributed by atoms with E-state index in [1.54, 1.807) is 42.5 Å². The molecule has 1 saturated heterocycles. The lowest BCUT2D eigenvalue weighted by Gasteiger charge is -2.32. The molecule has 2 aromatic carbocycles. The largest absolute Gasteiger partial charge is 0.465 e. The lowest BCUT2D eigenvalue weighted by molar-refractivity contribution is -0.117. The van der Waals surface area contributed by atoms with Crippen LogP contribution in [0.1, 0.15) is 34.3 Å². The first-order chi connectivity index (χ1) is 15.7. The minimum atomic E-state index is -3.56. The summed E-state index contributed by atoms with van der Waals surface area (Å²) < 4.78 is 32.6. The fourth-order valence-electron chi connectivity index (χ4n) is 3.88. The third-order valence-electron chi connectivity index (χ3n) is 5.80. The summed E-state index contributed by atoms with van der Waals surface area (Å²) in [5.74, 6) is -0.519. The van der Waals surface area contributed by atoms with Crippen LogP contribution in [0.2, 0.25) is 0 Å². The molecule has 2 N–H and O–H groups in total. The molecule has 2 aromatic rings. The molecule has 0 spiro atoms. The Morgan fingerprint density at radius 1 is 1.12 bits per heavy atom. The van der Waals surface area contributed by atoms with E-state index in [1.165, 1.54) is 7.11 Å². The van der Waals surface area contributed by atoms with E-state index < -0.39 is 16.0 Å². The van der Waals surface area contributed by atoms with E-state index in [0.29, 0.717) is 24.3 Å². The van der Waals surface area contributed by atoms with Crippen molar-refractivity contribution in [2.45, 2.75) is 31.6 Å². The number of amides is 1. The van der Waals surface area contributed by atoms with Crippen LogP contribution in [-0.2, 0) is 19.6 Å². The summed E-state index contributed by atoms with van der Waals surface area (Å²) in [6, 6.07) is 11.8. The number of nitrogens with zero attached hydrogens (tertiary/aromatic N) is 1. The molecule has 1 aliphatic heterocycles. The van der Waals surface area contributed by atoms with Gasteiger partial charge in [0.1, 0.15) is 0 Å². The fourth-order valence-corrected chi connectivity index (χ4v) is 5.00. The number of piperidine rings is 1. The van der Waals surface area contributed by atoms with Crippen LogP contribution in [0, 0.1) is 19.8 Å². The number of rotatable bonds is 8. The second-order valence-corrected chi connectivity index (χ2v) is 10.2. The van der Waals surface area contributed by atoms with Gasteiger partial charge in [0.05, 0.1) is 24.1 Å². The molecule has 0 radical (unpaired) electrons. The first-order valence-electron chi connectivity index (χ1n) is 11.0. The Morgan fingerprint density at radius 3 is 2.55 bits per heavy atom. The smallest absolute Gasteiger partial charge is 0.337 e. The lowest BCUT2D eigenvalue weighted by Crippen LogP contribution is -2.43. The molecule has 33 heavy (non-hydrogen) atoms. The molecule has 178 valence electrons. The van der Waals surface area contributed by atoms with Gasteiger partial charge in [-0.2, -0.15) is 0 Å². The highest BCUT2D eigenvalue weighted by molar-refractivity contribution is 7.89. The Morgan fingerprint density at radius 2 is 1.85 bits per heavy atom. The fraction of sp³-hybridized carbons (Fsp3) is 0.417. The number of likely N-dealkylation sites (tertiary alicyclic amines) is 1. The van der Waals surface area contributed by atoms with Gasteiger partial charge in [-0.25, -0.2) is 17.9 Å². The normalized spacial score (nSPS) is 16.9. The molecule has 9 heteroatoms. The molecule has 3 rings (SSSR count). The molecule has 1 unspecified atom stereocenters. The van der Waals surface area contributed by atoms with Gasteiger partial charge in [-0.05, 0) is 69.0 Å². The predicted molar refractivity (Wildman–Crippen MR) is 127 cm³/mol. The zero-order chi connectivity index (χ0) is 24.0. The van der Waals surface area contributed by atoms with Crippen molar-refractivity contribution in [3.8, 4) is 0 Å². The van der Waals surface area contributed by atoms with E-state index in [0.717, 1.165) is 30.5 Å². The lowest BCUT2D eigenvalue weighted by atomic mass is 9.98. The molecule has 1 fully saturated rings. The maximum atomic E-state index is 12.6. The first kappa shape index (κ1) is 24.9. The van der Waals surface area contributed by atoms with Gasteiger partial charge in [-0.1, -0.05) is 23.8 Å². The number of sulfonamides is 1. The van der Waals surface area contributed by atoms with E-state index in [2.05, 4.69) is 10.0 Å². The summed E-state index contributed by atoms with van der Waals surface area (Å²) in [4.78, 5) is 26.7. The van der Waals surface area contributed by atoms with Crippen LogP contribution >= 0.6 is 0 Å². The minimum absolute atomic E-state index is 0.121. The predicted octanol–water partition coefficient (Wildman–Crippen LogP) is 2.72. The van der Waals surface area contributed by atoms with E-state index in [4.69, 9.17) is 4.74 Å². The molecule has 0 aromatic heterocycles. The van der Waals surface area contributed by atoms with Crippen LogP contribution in [0.25, 0.3) is 0 Å². The average Bonchev–Trinajstić information content (AvgIpc) is 2.79. The second-order valence-electron chi connectivity index (χ2n) is 8.48.